The molecule has 3 aromatic carbocycles. The molecule has 0 spiro atoms. The van der Waals surface area contributed by atoms with Crippen molar-refractivity contribution in [3.63, 3.8) is 0 Å². The lowest BCUT2D eigenvalue weighted by Gasteiger charge is -2.23. The van der Waals surface area contributed by atoms with Gasteiger partial charge in [0, 0.05) is 12.1 Å². The van der Waals surface area contributed by atoms with Gasteiger partial charge >= 0.3 is 0 Å². The second kappa shape index (κ2) is 13.8. The lowest BCUT2D eigenvalue weighted by Crippen LogP contribution is -2.30. The highest BCUT2D eigenvalue weighted by molar-refractivity contribution is 7.92. The molecule has 0 aliphatic heterocycles. The van der Waals surface area contributed by atoms with E-state index in [1.807, 2.05) is 30.3 Å². The summed E-state index contributed by atoms with van der Waals surface area (Å²) in [6.45, 7) is 5.60. The smallest absolute Gasteiger partial charge is 0.251 e. The van der Waals surface area contributed by atoms with E-state index >= 15 is 0 Å². The standard InChI is InChI=1S/C30H38N2O4S/c1-4-6-10-24(5-2)21-31-30(33)27-15-13-25(14-16-27)22-32(37(3,34)35)28-17-19-29(20-18-28)36-23-26-11-8-7-9-12-26/h7-9,11-20,24H,4-6,10,21-23H2,1-3H3,(H,31,33)/t24-/m1/s1. The summed E-state index contributed by atoms with van der Waals surface area (Å²) in [7, 11) is -3.53. The molecule has 0 unspecified atom stereocenters. The van der Waals surface area contributed by atoms with Crippen LogP contribution in [0.5, 0.6) is 5.75 Å². The molecule has 0 fully saturated rings. The lowest BCUT2D eigenvalue weighted by molar-refractivity contribution is 0.0946. The predicted octanol–water partition coefficient (Wildman–Crippen LogP) is 6.18. The second-order valence-electron chi connectivity index (χ2n) is 9.36. The van der Waals surface area contributed by atoms with Crippen LogP contribution in [-0.4, -0.2) is 27.1 Å². The number of anilines is 1. The van der Waals surface area contributed by atoms with E-state index in [4.69, 9.17) is 4.74 Å². The van der Waals surface area contributed by atoms with Gasteiger partial charge in [-0.1, -0.05) is 75.6 Å². The third kappa shape index (κ3) is 8.93. The quantitative estimate of drug-likeness (QED) is 0.274. The van der Waals surface area contributed by atoms with E-state index in [-0.39, 0.29) is 12.5 Å². The van der Waals surface area contributed by atoms with Crippen LogP contribution in [-0.2, 0) is 23.2 Å². The Hall–Kier alpha value is -3.32. The number of ether oxygens (including phenoxy) is 1. The first-order chi connectivity index (χ1) is 17.8. The maximum Gasteiger partial charge on any atom is 0.251 e. The van der Waals surface area contributed by atoms with Gasteiger partial charge in [0.05, 0.1) is 18.5 Å². The fourth-order valence-corrected chi connectivity index (χ4v) is 4.95. The molecular weight excluding hydrogens is 484 g/mol. The predicted molar refractivity (Wildman–Crippen MR) is 150 cm³/mol. The van der Waals surface area contributed by atoms with Gasteiger partial charge in [-0.15, -0.1) is 0 Å². The van der Waals surface area contributed by atoms with Gasteiger partial charge in [0.1, 0.15) is 12.4 Å². The lowest BCUT2D eigenvalue weighted by atomic mass is 9.99. The summed E-state index contributed by atoms with van der Waals surface area (Å²) >= 11 is 0. The number of carbonyl (C=O) groups excluding carboxylic acids is 1. The van der Waals surface area contributed by atoms with Crippen LogP contribution in [0.15, 0.2) is 78.9 Å². The zero-order chi connectivity index (χ0) is 26.7. The Morgan fingerprint density at radius 2 is 1.59 bits per heavy atom. The van der Waals surface area contributed by atoms with E-state index in [1.54, 1.807) is 48.5 Å². The number of hydrogen-bond donors (Lipinski definition) is 1. The van der Waals surface area contributed by atoms with Crippen molar-refractivity contribution in [1.29, 1.82) is 0 Å². The first kappa shape index (κ1) is 28.3. The summed E-state index contributed by atoms with van der Waals surface area (Å²) in [5.74, 6) is 1.05. The number of sulfonamides is 1. The van der Waals surface area contributed by atoms with E-state index < -0.39 is 10.0 Å². The Bertz CT molecular complexity index is 1210. The van der Waals surface area contributed by atoms with E-state index in [1.165, 1.54) is 17.0 Å². The van der Waals surface area contributed by atoms with E-state index in [9.17, 15) is 13.2 Å². The van der Waals surface area contributed by atoms with E-state index in [0.717, 1.165) is 30.4 Å². The van der Waals surface area contributed by atoms with Gasteiger partial charge in [0.2, 0.25) is 10.0 Å². The van der Waals surface area contributed by atoms with Crippen molar-refractivity contribution in [3.05, 3.63) is 95.6 Å². The molecule has 0 saturated carbocycles. The van der Waals surface area contributed by atoms with Gasteiger partial charge in [-0.2, -0.15) is 0 Å². The van der Waals surface area contributed by atoms with Crippen LogP contribution in [0.3, 0.4) is 0 Å². The topological polar surface area (TPSA) is 75.7 Å². The third-order valence-electron chi connectivity index (χ3n) is 6.41. The molecule has 6 nitrogen and oxygen atoms in total. The minimum absolute atomic E-state index is 0.104. The number of amides is 1. The maximum absolute atomic E-state index is 12.6. The van der Waals surface area contributed by atoms with Gasteiger partial charge in [-0.3, -0.25) is 9.10 Å². The largest absolute Gasteiger partial charge is 0.489 e. The molecule has 7 heteroatoms. The van der Waals surface area contributed by atoms with Gasteiger partial charge in [0.15, 0.2) is 0 Å². The fourth-order valence-electron chi connectivity index (χ4n) is 4.06. The van der Waals surface area contributed by atoms with Crippen molar-refractivity contribution in [2.24, 2.45) is 5.92 Å². The monoisotopic (exact) mass is 522 g/mol. The van der Waals surface area contributed by atoms with E-state index in [2.05, 4.69) is 19.2 Å². The molecule has 3 rings (SSSR count). The van der Waals surface area contributed by atoms with Crippen molar-refractivity contribution in [1.82, 2.24) is 5.32 Å². The van der Waals surface area contributed by atoms with Crippen molar-refractivity contribution < 1.29 is 17.9 Å². The Kier molecular flexibility index (Phi) is 10.6. The molecule has 37 heavy (non-hydrogen) atoms. The summed E-state index contributed by atoms with van der Waals surface area (Å²) in [6.07, 6.45) is 5.68. The van der Waals surface area contributed by atoms with Crippen molar-refractivity contribution in [2.75, 3.05) is 17.1 Å². The minimum Gasteiger partial charge on any atom is -0.489 e. The van der Waals surface area contributed by atoms with Crippen LogP contribution in [0.25, 0.3) is 0 Å². The molecule has 0 aromatic heterocycles. The fraction of sp³-hybridized carbons (Fsp3) is 0.367. The Morgan fingerprint density at radius 3 is 2.19 bits per heavy atom. The Morgan fingerprint density at radius 1 is 0.919 bits per heavy atom. The molecule has 0 radical (unpaired) electrons. The first-order valence-corrected chi connectivity index (χ1v) is 14.8. The molecule has 1 amide bonds. The molecule has 198 valence electrons. The molecule has 0 aliphatic rings. The van der Waals surface area contributed by atoms with Crippen LogP contribution in [0.4, 0.5) is 5.69 Å². The number of nitrogens with one attached hydrogen (secondary N) is 1. The molecule has 0 heterocycles. The number of benzene rings is 3. The molecule has 0 bridgehead atoms. The Balaban J connectivity index is 1.62. The van der Waals surface area contributed by atoms with Crippen molar-refractivity contribution in [2.45, 2.75) is 52.7 Å². The average molecular weight is 523 g/mol. The number of carbonyl (C=O) groups is 1. The molecule has 3 aromatic rings. The summed E-state index contributed by atoms with van der Waals surface area (Å²) in [6, 6.07) is 24.0. The third-order valence-corrected chi connectivity index (χ3v) is 7.55. The molecule has 1 N–H and O–H groups in total. The summed E-state index contributed by atoms with van der Waals surface area (Å²) in [5, 5.41) is 3.04. The van der Waals surface area contributed by atoms with Gasteiger partial charge in [-0.25, -0.2) is 8.42 Å². The number of hydrogen-bond acceptors (Lipinski definition) is 4. The Labute approximate surface area is 221 Å². The molecular formula is C30H38N2O4S. The zero-order valence-electron chi connectivity index (χ0n) is 22.0. The number of nitrogens with zero attached hydrogens (tertiary/aromatic N) is 1. The van der Waals surface area contributed by atoms with Crippen LogP contribution < -0.4 is 14.4 Å². The van der Waals surface area contributed by atoms with Crippen LogP contribution in [0.2, 0.25) is 0 Å². The first-order valence-electron chi connectivity index (χ1n) is 12.9. The number of unbranched alkanes of at least 4 members (excludes halogenated alkanes) is 1. The molecule has 0 aliphatic carbocycles. The van der Waals surface area contributed by atoms with Gasteiger partial charge in [-0.05, 0) is 59.9 Å². The number of rotatable bonds is 14. The molecule has 1 atom stereocenters. The van der Waals surface area contributed by atoms with Crippen LogP contribution in [0, 0.1) is 5.92 Å². The maximum atomic E-state index is 12.6. The average Bonchev–Trinajstić information content (AvgIpc) is 2.91. The van der Waals surface area contributed by atoms with Crippen LogP contribution in [0.1, 0.15) is 61.0 Å². The van der Waals surface area contributed by atoms with Gasteiger partial charge < -0.3 is 10.1 Å². The highest BCUT2D eigenvalue weighted by atomic mass is 32.2. The van der Waals surface area contributed by atoms with Crippen molar-refractivity contribution in [3.8, 4) is 5.75 Å². The normalized spacial score (nSPS) is 12.1. The SMILES string of the molecule is CCCC[C@@H](CC)CNC(=O)c1ccc(CN(c2ccc(OCc3ccccc3)cc2)S(C)(=O)=O)cc1. The van der Waals surface area contributed by atoms with Crippen LogP contribution >= 0.6 is 0 Å². The second-order valence-corrected chi connectivity index (χ2v) is 11.3. The van der Waals surface area contributed by atoms with E-state index in [0.29, 0.717) is 36.1 Å². The zero-order valence-corrected chi connectivity index (χ0v) is 22.8. The highest BCUT2D eigenvalue weighted by Gasteiger charge is 2.18. The molecule has 0 saturated heterocycles. The minimum atomic E-state index is -3.53. The summed E-state index contributed by atoms with van der Waals surface area (Å²) in [5.41, 5.74) is 2.97. The van der Waals surface area contributed by atoms with Crippen molar-refractivity contribution >= 4 is 21.6 Å². The summed E-state index contributed by atoms with van der Waals surface area (Å²) < 4.78 is 32.4. The van der Waals surface area contributed by atoms with Gasteiger partial charge in [0.25, 0.3) is 5.91 Å². The summed E-state index contributed by atoms with van der Waals surface area (Å²) in [4.78, 5) is 12.6. The highest BCUT2D eigenvalue weighted by Crippen LogP contribution is 2.24.